The van der Waals surface area contributed by atoms with E-state index < -0.39 is 0 Å². The molecule has 0 fully saturated rings. The maximum absolute atomic E-state index is 7.81. The third kappa shape index (κ3) is 6.16. The largest absolute Gasteiger partial charge is 0.370 e. The van der Waals surface area contributed by atoms with Crippen molar-refractivity contribution in [3.63, 3.8) is 0 Å². The Morgan fingerprint density at radius 2 is 2.29 bits per heavy atom. The van der Waals surface area contributed by atoms with Crippen LogP contribution in [-0.2, 0) is 0 Å². The maximum Gasteiger partial charge on any atom is 0.198 e. The lowest BCUT2D eigenvalue weighted by molar-refractivity contribution is 0.441. The molecule has 1 rings (SSSR count). The first-order valence-corrected chi connectivity index (χ1v) is 5.79. The molecule has 0 unspecified atom stereocenters. The molecule has 0 atom stereocenters. The van der Waals surface area contributed by atoms with Crippen molar-refractivity contribution in [1.82, 2.24) is 10.2 Å². The van der Waals surface area contributed by atoms with E-state index in [1.807, 2.05) is 4.90 Å². The summed E-state index contributed by atoms with van der Waals surface area (Å²) in [4.78, 5) is 6.08. The van der Waals surface area contributed by atoms with E-state index in [-0.39, 0.29) is 12.4 Å². The highest BCUT2D eigenvalue weighted by Gasteiger charge is 2.10. The molecule has 17 heavy (non-hydrogen) atoms. The number of nitrogens with two attached hydrogens (primary N) is 1. The molecule has 0 radical (unpaired) electrons. The molecule has 1 aliphatic rings. The topological polar surface area (TPSA) is 77.5 Å². The van der Waals surface area contributed by atoms with Crippen molar-refractivity contribution in [1.29, 1.82) is 5.41 Å². The third-order valence-corrected chi connectivity index (χ3v) is 2.41. The number of nitrogens with one attached hydrogen (secondary N) is 2. The van der Waals surface area contributed by atoms with E-state index in [1.165, 1.54) is 0 Å². The number of hydrogen-bond acceptors (Lipinski definition) is 2. The zero-order valence-corrected chi connectivity index (χ0v) is 11.1. The number of halogens is 1. The number of hydrogen-bond donors (Lipinski definition) is 3. The van der Waals surface area contributed by atoms with E-state index in [0.717, 1.165) is 38.9 Å². The summed E-state index contributed by atoms with van der Waals surface area (Å²) in [6, 6.07) is 0. The van der Waals surface area contributed by atoms with Gasteiger partial charge in [0.1, 0.15) is 0 Å². The third-order valence-electron chi connectivity index (χ3n) is 2.41. The van der Waals surface area contributed by atoms with Gasteiger partial charge in [-0.05, 0) is 12.8 Å². The van der Waals surface area contributed by atoms with Crippen LogP contribution in [0.2, 0.25) is 0 Å². The maximum atomic E-state index is 7.81. The van der Waals surface area contributed by atoms with Crippen LogP contribution in [0, 0.1) is 5.41 Å². The highest BCUT2D eigenvalue weighted by atomic mass is 35.5. The van der Waals surface area contributed by atoms with Gasteiger partial charge in [0.25, 0.3) is 0 Å². The summed E-state index contributed by atoms with van der Waals surface area (Å²) in [7, 11) is 0. The predicted molar refractivity (Wildman–Crippen MR) is 74.8 cm³/mol. The average molecular weight is 260 g/mol. The lowest BCUT2D eigenvalue weighted by Crippen LogP contribution is -2.47. The fraction of sp³-hybridized carbons (Fsp3) is 0.636. The van der Waals surface area contributed by atoms with E-state index in [1.54, 1.807) is 0 Å². The van der Waals surface area contributed by atoms with E-state index >= 15 is 0 Å². The number of rotatable bonds is 3. The van der Waals surface area contributed by atoms with Crippen LogP contribution in [0.3, 0.4) is 0 Å². The molecule has 98 valence electrons. The second-order valence-corrected chi connectivity index (χ2v) is 3.80. The summed E-state index contributed by atoms with van der Waals surface area (Å²) in [6.45, 7) is 4.47. The Morgan fingerprint density at radius 3 is 2.88 bits per heavy atom. The first-order valence-electron chi connectivity index (χ1n) is 5.79. The Hall–Kier alpha value is -1.23. The van der Waals surface area contributed by atoms with Crippen LogP contribution in [0.4, 0.5) is 0 Å². The lowest BCUT2D eigenvalue weighted by Gasteiger charge is -2.25. The molecule has 0 saturated carbocycles. The Morgan fingerprint density at radius 1 is 1.53 bits per heavy atom. The van der Waals surface area contributed by atoms with Gasteiger partial charge in [-0.1, -0.05) is 25.5 Å². The first kappa shape index (κ1) is 15.8. The van der Waals surface area contributed by atoms with Crippen LogP contribution >= 0.6 is 12.4 Å². The van der Waals surface area contributed by atoms with Crippen molar-refractivity contribution in [3.8, 4) is 0 Å². The van der Waals surface area contributed by atoms with Gasteiger partial charge in [-0.25, -0.2) is 0 Å². The number of unbranched alkanes of at least 4 members (excludes halogenated alkanes) is 1. The fourth-order valence-electron chi connectivity index (χ4n) is 1.44. The molecule has 6 heteroatoms. The lowest BCUT2D eigenvalue weighted by atomic mass is 10.3. The highest BCUT2D eigenvalue weighted by molar-refractivity contribution is 5.96. The second kappa shape index (κ2) is 8.87. The molecule has 1 aliphatic heterocycles. The van der Waals surface area contributed by atoms with Crippen LogP contribution in [0.5, 0.6) is 0 Å². The number of aliphatic imine (C=N–C) groups is 1. The van der Waals surface area contributed by atoms with Gasteiger partial charge in [-0.3, -0.25) is 15.7 Å². The van der Waals surface area contributed by atoms with Crippen LogP contribution in [-0.4, -0.2) is 36.5 Å². The molecule has 0 aromatic rings. The minimum atomic E-state index is 0. The molecule has 0 spiro atoms. The van der Waals surface area contributed by atoms with Gasteiger partial charge in [0, 0.05) is 19.6 Å². The molecular formula is C11H22ClN5. The van der Waals surface area contributed by atoms with E-state index in [2.05, 4.69) is 29.4 Å². The standard InChI is InChI=1S/C11H21N5.ClH/c1-2-3-7-14-10(12)15-11(13)16-8-5-4-6-9-16;/h4-5H,2-3,6-9H2,1H3,(H4,12,13,14,15);1H. The molecule has 0 amide bonds. The molecule has 5 nitrogen and oxygen atoms in total. The van der Waals surface area contributed by atoms with Gasteiger partial charge >= 0.3 is 0 Å². The van der Waals surface area contributed by atoms with Gasteiger partial charge < -0.3 is 10.6 Å². The van der Waals surface area contributed by atoms with Gasteiger partial charge in [-0.2, -0.15) is 0 Å². The van der Waals surface area contributed by atoms with Crippen molar-refractivity contribution >= 4 is 24.3 Å². The van der Waals surface area contributed by atoms with Crippen LogP contribution in [0.25, 0.3) is 0 Å². The van der Waals surface area contributed by atoms with Crippen molar-refractivity contribution in [2.45, 2.75) is 26.2 Å². The summed E-state index contributed by atoms with van der Waals surface area (Å²) < 4.78 is 0. The van der Waals surface area contributed by atoms with Gasteiger partial charge in [0.15, 0.2) is 11.9 Å². The summed E-state index contributed by atoms with van der Waals surface area (Å²) >= 11 is 0. The van der Waals surface area contributed by atoms with Crippen LogP contribution in [0.15, 0.2) is 17.1 Å². The summed E-state index contributed by atoms with van der Waals surface area (Å²) in [5, 5.41) is 10.6. The molecule has 0 aliphatic carbocycles. The molecule has 1 heterocycles. The summed E-state index contributed by atoms with van der Waals surface area (Å²) in [5.74, 6) is 0.676. The minimum absolute atomic E-state index is 0. The SMILES string of the molecule is CCCCN=C(N)NC(=N)N1CC=CCC1.Cl. The Labute approximate surface area is 109 Å². The fourth-order valence-corrected chi connectivity index (χ4v) is 1.44. The van der Waals surface area contributed by atoms with E-state index in [4.69, 9.17) is 11.1 Å². The van der Waals surface area contributed by atoms with Crippen molar-refractivity contribution in [3.05, 3.63) is 12.2 Å². The zero-order valence-electron chi connectivity index (χ0n) is 10.3. The Bertz CT molecular complexity index is 288. The Kier molecular flexibility index (Phi) is 8.23. The van der Waals surface area contributed by atoms with Gasteiger partial charge in [0.2, 0.25) is 0 Å². The van der Waals surface area contributed by atoms with E-state index in [0.29, 0.717) is 11.9 Å². The van der Waals surface area contributed by atoms with Crippen LogP contribution < -0.4 is 11.1 Å². The zero-order chi connectivity index (χ0) is 11.8. The Balaban J connectivity index is 0.00000256. The molecule has 0 aromatic heterocycles. The first-order chi connectivity index (χ1) is 7.74. The van der Waals surface area contributed by atoms with Crippen molar-refractivity contribution in [2.24, 2.45) is 10.7 Å². The average Bonchev–Trinajstić information content (AvgIpc) is 2.30. The molecule has 0 aromatic carbocycles. The highest BCUT2D eigenvalue weighted by Crippen LogP contribution is 1.99. The summed E-state index contributed by atoms with van der Waals surface area (Å²) in [5.41, 5.74) is 5.68. The second-order valence-electron chi connectivity index (χ2n) is 3.80. The van der Waals surface area contributed by atoms with Crippen LogP contribution in [0.1, 0.15) is 26.2 Å². The van der Waals surface area contributed by atoms with E-state index in [9.17, 15) is 0 Å². The van der Waals surface area contributed by atoms with Crippen molar-refractivity contribution in [2.75, 3.05) is 19.6 Å². The van der Waals surface area contributed by atoms with Crippen molar-refractivity contribution < 1.29 is 0 Å². The van der Waals surface area contributed by atoms with Gasteiger partial charge in [0.05, 0.1) is 0 Å². The number of nitrogens with zero attached hydrogens (tertiary/aromatic N) is 2. The summed E-state index contributed by atoms with van der Waals surface area (Å²) in [6.07, 6.45) is 7.30. The predicted octanol–water partition coefficient (Wildman–Crippen LogP) is 1.31. The molecule has 4 N–H and O–H groups in total. The van der Waals surface area contributed by atoms with Gasteiger partial charge in [-0.15, -0.1) is 12.4 Å². The quantitative estimate of drug-likeness (QED) is 0.310. The smallest absolute Gasteiger partial charge is 0.198 e. The molecule has 0 bridgehead atoms. The monoisotopic (exact) mass is 259 g/mol. The molecule has 0 saturated heterocycles. The normalized spacial score (nSPS) is 15.4. The minimum Gasteiger partial charge on any atom is -0.370 e. The molecular weight excluding hydrogens is 238 g/mol. The number of guanidine groups is 2.